The second-order valence-corrected chi connectivity index (χ2v) is 6.03. The molecule has 0 saturated heterocycles. The minimum absolute atomic E-state index is 0.0868. The van der Waals surface area contributed by atoms with Gasteiger partial charge in [-0.3, -0.25) is 14.9 Å². The summed E-state index contributed by atoms with van der Waals surface area (Å²) in [5.74, 6) is -0.109. The molecule has 0 bridgehead atoms. The molecule has 0 spiro atoms. The van der Waals surface area contributed by atoms with E-state index in [0.29, 0.717) is 10.8 Å². The van der Waals surface area contributed by atoms with Crippen molar-refractivity contribution in [2.75, 3.05) is 11.1 Å². The first-order valence-corrected chi connectivity index (χ1v) is 8.06. The SMILES string of the molecule is O=C(CSCc1ccc(Cl)cc1)Nc1cc([N+](=O)[O-])ccc1[O-]. The van der Waals surface area contributed by atoms with Gasteiger partial charge in [-0.2, -0.15) is 0 Å². The molecule has 2 aromatic rings. The summed E-state index contributed by atoms with van der Waals surface area (Å²) in [6.45, 7) is 0. The van der Waals surface area contributed by atoms with Crippen LogP contribution in [0.25, 0.3) is 0 Å². The van der Waals surface area contributed by atoms with Crippen LogP contribution in [0.5, 0.6) is 5.75 Å². The third-order valence-corrected chi connectivity index (χ3v) is 4.12. The average molecular weight is 352 g/mol. The number of nitro benzene ring substituents is 1. The molecule has 0 aliphatic heterocycles. The van der Waals surface area contributed by atoms with Crippen molar-refractivity contribution in [2.24, 2.45) is 0 Å². The number of anilines is 1. The third-order valence-electron chi connectivity index (χ3n) is 2.86. The quantitative estimate of drug-likeness (QED) is 0.637. The minimum Gasteiger partial charge on any atom is -0.871 e. The molecule has 0 aliphatic rings. The largest absolute Gasteiger partial charge is 0.871 e. The normalized spacial score (nSPS) is 10.3. The van der Waals surface area contributed by atoms with E-state index >= 15 is 0 Å². The summed E-state index contributed by atoms with van der Waals surface area (Å²) in [4.78, 5) is 21.9. The summed E-state index contributed by atoms with van der Waals surface area (Å²) in [6.07, 6.45) is 0. The molecule has 0 radical (unpaired) electrons. The molecule has 0 fully saturated rings. The van der Waals surface area contributed by atoms with Gasteiger partial charge in [-0.05, 0) is 17.7 Å². The lowest BCUT2D eigenvalue weighted by Gasteiger charge is -2.13. The van der Waals surface area contributed by atoms with E-state index in [9.17, 15) is 20.0 Å². The van der Waals surface area contributed by atoms with Crippen LogP contribution < -0.4 is 10.4 Å². The van der Waals surface area contributed by atoms with Crippen LogP contribution in [-0.4, -0.2) is 16.6 Å². The fourth-order valence-electron chi connectivity index (χ4n) is 1.76. The number of carbonyl (C=O) groups excluding carboxylic acids is 1. The van der Waals surface area contributed by atoms with E-state index in [-0.39, 0.29) is 23.0 Å². The first-order chi connectivity index (χ1) is 11.0. The van der Waals surface area contributed by atoms with E-state index < -0.39 is 10.7 Å². The van der Waals surface area contributed by atoms with E-state index in [1.54, 1.807) is 12.1 Å². The zero-order valence-corrected chi connectivity index (χ0v) is 13.4. The van der Waals surface area contributed by atoms with Gasteiger partial charge in [-0.1, -0.05) is 35.5 Å². The lowest BCUT2D eigenvalue weighted by molar-refractivity contribution is -0.385. The number of nitrogens with zero attached hydrogens (tertiary/aromatic N) is 1. The molecular formula is C15H12ClN2O4S-. The lowest BCUT2D eigenvalue weighted by atomic mass is 10.2. The Hall–Kier alpha value is -2.25. The van der Waals surface area contributed by atoms with Crippen molar-refractivity contribution in [3.63, 3.8) is 0 Å². The molecular weight excluding hydrogens is 340 g/mol. The van der Waals surface area contributed by atoms with Gasteiger partial charge < -0.3 is 10.4 Å². The highest BCUT2D eigenvalue weighted by Crippen LogP contribution is 2.26. The van der Waals surface area contributed by atoms with Crippen LogP contribution in [0.4, 0.5) is 11.4 Å². The zero-order chi connectivity index (χ0) is 16.8. The summed E-state index contributed by atoms with van der Waals surface area (Å²) in [5.41, 5.74) is 0.692. The number of hydrogen-bond donors (Lipinski definition) is 1. The van der Waals surface area contributed by atoms with Crippen LogP contribution >= 0.6 is 23.4 Å². The minimum atomic E-state index is -0.621. The van der Waals surface area contributed by atoms with E-state index in [2.05, 4.69) is 5.32 Å². The fourth-order valence-corrected chi connectivity index (χ4v) is 2.67. The maximum absolute atomic E-state index is 11.8. The number of thioether (sulfide) groups is 1. The smallest absolute Gasteiger partial charge is 0.271 e. The van der Waals surface area contributed by atoms with Gasteiger partial charge in [-0.25, -0.2) is 0 Å². The zero-order valence-electron chi connectivity index (χ0n) is 11.8. The number of amides is 1. The van der Waals surface area contributed by atoms with Crippen molar-refractivity contribution in [1.29, 1.82) is 0 Å². The van der Waals surface area contributed by atoms with Crippen molar-refractivity contribution in [1.82, 2.24) is 0 Å². The molecule has 1 amide bonds. The van der Waals surface area contributed by atoms with E-state index in [4.69, 9.17) is 11.6 Å². The molecule has 0 saturated carbocycles. The van der Waals surface area contributed by atoms with Gasteiger partial charge >= 0.3 is 0 Å². The number of non-ortho nitro benzene ring substituents is 1. The van der Waals surface area contributed by atoms with E-state index in [1.165, 1.54) is 11.8 Å². The van der Waals surface area contributed by atoms with Crippen LogP contribution in [-0.2, 0) is 10.5 Å². The maximum atomic E-state index is 11.8. The Labute approximate surface area is 141 Å². The molecule has 0 unspecified atom stereocenters. The van der Waals surface area contributed by atoms with Crippen molar-refractivity contribution in [2.45, 2.75) is 5.75 Å². The van der Waals surface area contributed by atoms with Crippen molar-refractivity contribution in [3.8, 4) is 5.75 Å². The summed E-state index contributed by atoms with van der Waals surface area (Å²) >= 11 is 7.15. The maximum Gasteiger partial charge on any atom is 0.271 e. The predicted octanol–water partition coefficient (Wildman–Crippen LogP) is 3.19. The number of nitrogens with one attached hydrogen (secondary N) is 1. The highest BCUT2D eigenvalue weighted by atomic mass is 35.5. The molecule has 8 heteroatoms. The van der Waals surface area contributed by atoms with Gasteiger partial charge in [0.25, 0.3) is 5.69 Å². The fraction of sp³-hybridized carbons (Fsp3) is 0.133. The molecule has 1 N–H and O–H groups in total. The molecule has 0 aliphatic carbocycles. The second-order valence-electron chi connectivity index (χ2n) is 4.61. The monoisotopic (exact) mass is 351 g/mol. The van der Waals surface area contributed by atoms with Gasteiger partial charge in [0.15, 0.2) is 0 Å². The number of hydrogen-bond acceptors (Lipinski definition) is 5. The summed E-state index contributed by atoms with van der Waals surface area (Å²) < 4.78 is 0. The molecule has 2 rings (SSSR count). The standard InChI is InChI=1S/C15H13ClN2O4S/c16-11-3-1-10(2-4-11)8-23-9-15(20)17-13-7-12(18(21)22)5-6-14(13)19/h1-7,19H,8-9H2,(H,17,20)/p-1. The summed E-state index contributed by atoms with van der Waals surface area (Å²) in [7, 11) is 0. The van der Waals surface area contributed by atoms with Crippen molar-refractivity contribution < 1.29 is 14.8 Å². The average Bonchev–Trinajstić information content (AvgIpc) is 2.51. The van der Waals surface area contributed by atoms with Gasteiger partial charge in [0.05, 0.1) is 10.7 Å². The lowest BCUT2D eigenvalue weighted by Crippen LogP contribution is -2.15. The first-order valence-electron chi connectivity index (χ1n) is 6.53. The van der Waals surface area contributed by atoms with Crippen LogP contribution in [0.1, 0.15) is 5.56 Å². The van der Waals surface area contributed by atoms with Crippen LogP contribution in [0.15, 0.2) is 42.5 Å². The van der Waals surface area contributed by atoms with E-state index in [0.717, 1.165) is 23.8 Å². The number of nitro groups is 1. The Morgan fingerprint density at radius 3 is 2.57 bits per heavy atom. The van der Waals surface area contributed by atoms with Gasteiger partial charge in [0.1, 0.15) is 0 Å². The molecule has 2 aromatic carbocycles. The number of carbonyl (C=O) groups is 1. The van der Waals surface area contributed by atoms with Crippen LogP contribution in [0.2, 0.25) is 5.02 Å². The van der Waals surface area contributed by atoms with Crippen LogP contribution in [0.3, 0.4) is 0 Å². The molecule has 23 heavy (non-hydrogen) atoms. The van der Waals surface area contributed by atoms with Gasteiger partial charge in [0, 0.05) is 28.6 Å². The van der Waals surface area contributed by atoms with Crippen molar-refractivity contribution >= 4 is 40.6 Å². The third kappa shape index (κ3) is 5.15. The Morgan fingerprint density at radius 2 is 1.91 bits per heavy atom. The molecule has 0 atom stereocenters. The Balaban J connectivity index is 1.88. The molecule has 0 heterocycles. The Morgan fingerprint density at radius 1 is 1.22 bits per heavy atom. The number of benzene rings is 2. The summed E-state index contributed by atoms with van der Waals surface area (Å²) in [6, 6.07) is 10.5. The van der Waals surface area contributed by atoms with Gasteiger partial charge in [-0.15, -0.1) is 11.8 Å². The first kappa shape index (κ1) is 17.1. The predicted molar refractivity (Wildman–Crippen MR) is 88.8 cm³/mol. The van der Waals surface area contributed by atoms with Crippen molar-refractivity contribution in [3.05, 3.63) is 63.2 Å². The molecule has 0 aromatic heterocycles. The van der Waals surface area contributed by atoms with Crippen LogP contribution in [0, 0.1) is 10.1 Å². The number of rotatable bonds is 6. The molecule has 6 nitrogen and oxygen atoms in total. The van der Waals surface area contributed by atoms with Gasteiger partial charge in [0.2, 0.25) is 5.91 Å². The van der Waals surface area contributed by atoms with E-state index in [1.807, 2.05) is 12.1 Å². The Kier molecular flexibility index (Phi) is 5.84. The Bertz CT molecular complexity index is 722. The topological polar surface area (TPSA) is 95.3 Å². The number of halogens is 1. The highest BCUT2D eigenvalue weighted by molar-refractivity contribution is 7.99. The molecule has 120 valence electrons. The summed E-state index contributed by atoms with van der Waals surface area (Å²) in [5, 5.41) is 25.3. The highest BCUT2D eigenvalue weighted by Gasteiger charge is 2.09. The second kappa shape index (κ2) is 7.85.